The van der Waals surface area contributed by atoms with Crippen LogP contribution in [-0.4, -0.2) is 59.5 Å². The van der Waals surface area contributed by atoms with E-state index in [0.29, 0.717) is 23.4 Å². The van der Waals surface area contributed by atoms with Crippen molar-refractivity contribution in [3.8, 4) is 0 Å². The molecule has 0 aliphatic carbocycles. The van der Waals surface area contributed by atoms with Crippen molar-refractivity contribution >= 4 is 48.1 Å². The summed E-state index contributed by atoms with van der Waals surface area (Å²) in [6.07, 6.45) is 1.62. The molecule has 12 heteroatoms. The number of thiophene rings is 1. The highest BCUT2D eigenvalue weighted by molar-refractivity contribution is 7.91. The fourth-order valence-corrected chi connectivity index (χ4v) is 6.96. The fourth-order valence-electron chi connectivity index (χ4n) is 3.65. The van der Waals surface area contributed by atoms with E-state index < -0.39 is 31.7 Å². The topological polar surface area (TPSA) is 127 Å². The zero-order valence-corrected chi connectivity index (χ0v) is 21.2. The van der Waals surface area contributed by atoms with Crippen molar-refractivity contribution in [2.75, 3.05) is 31.8 Å². The van der Waals surface area contributed by atoms with Crippen molar-refractivity contribution < 1.29 is 31.2 Å². The molecule has 0 spiro atoms. The quantitative estimate of drug-likeness (QED) is 0.587. The average Bonchev–Trinajstić information content (AvgIpc) is 3.05. The molecule has 0 radical (unpaired) electrons. The summed E-state index contributed by atoms with van der Waals surface area (Å²) in [7, 11) is -6.17. The standard InChI is InChI=1S/C21H26N2O7S3/c1-13-14(2)31-20(18(13)21(25)30-3)22-19(24)15-8-10-23(11-9-15)33(28,29)17-7-5-6-16(12-17)32(4,26)27/h5-7,12,15H,8-11H2,1-4H3,(H,22,24). The van der Waals surface area contributed by atoms with Gasteiger partial charge >= 0.3 is 5.97 Å². The van der Waals surface area contributed by atoms with Gasteiger partial charge in [-0.2, -0.15) is 4.31 Å². The third-order valence-electron chi connectivity index (χ3n) is 5.71. The summed E-state index contributed by atoms with van der Waals surface area (Å²) in [5, 5.41) is 3.24. The number of hydrogen-bond acceptors (Lipinski definition) is 8. The summed E-state index contributed by atoms with van der Waals surface area (Å²) in [6.45, 7) is 3.88. The molecule has 0 saturated carbocycles. The predicted molar refractivity (Wildman–Crippen MR) is 125 cm³/mol. The van der Waals surface area contributed by atoms with Crippen molar-refractivity contribution in [2.45, 2.75) is 36.5 Å². The number of benzene rings is 1. The van der Waals surface area contributed by atoms with Crippen LogP contribution in [0.2, 0.25) is 0 Å². The SMILES string of the molecule is COC(=O)c1c(NC(=O)C2CCN(S(=O)(=O)c3cccc(S(C)(=O)=O)c3)CC2)sc(C)c1C. The summed E-state index contributed by atoms with van der Waals surface area (Å²) < 4.78 is 55.7. The van der Waals surface area contributed by atoms with Crippen molar-refractivity contribution in [3.05, 3.63) is 40.3 Å². The molecule has 2 aromatic rings. The average molecular weight is 515 g/mol. The Kier molecular flexibility index (Phi) is 7.32. The van der Waals surface area contributed by atoms with Gasteiger partial charge in [-0.3, -0.25) is 4.79 Å². The van der Waals surface area contributed by atoms with Gasteiger partial charge in [0, 0.05) is 30.1 Å². The van der Waals surface area contributed by atoms with E-state index in [1.54, 1.807) is 6.92 Å². The molecular formula is C21H26N2O7S3. The Morgan fingerprint density at radius 3 is 2.27 bits per heavy atom. The first kappa shape index (κ1) is 25.3. The molecule has 0 bridgehead atoms. The second-order valence-electron chi connectivity index (χ2n) is 7.89. The minimum atomic E-state index is -3.90. The molecule has 2 heterocycles. The lowest BCUT2D eigenvalue weighted by atomic mass is 9.97. The molecule has 33 heavy (non-hydrogen) atoms. The Balaban J connectivity index is 1.71. The molecule has 180 valence electrons. The monoisotopic (exact) mass is 514 g/mol. The summed E-state index contributed by atoms with van der Waals surface area (Å²) in [4.78, 5) is 25.7. The molecule has 9 nitrogen and oxygen atoms in total. The van der Waals surface area contributed by atoms with Gasteiger partial charge in [-0.1, -0.05) is 6.07 Å². The molecule has 0 atom stereocenters. The summed E-state index contributed by atoms with van der Waals surface area (Å²) in [6, 6.07) is 5.26. The highest BCUT2D eigenvalue weighted by Gasteiger charge is 2.33. The minimum Gasteiger partial charge on any atom is -0.465 e. The number of aryl methyl sites for hydroxylation is 1. The molecule has 1 aliphatic heterocycles. The van der Waals surface area contributed by atoms with Gasteiger partial charge in [0.1, 0.15) is 5.00 Å². The maximum atomic E-state index is 13.0. The molecule has 1 aromatic carbocycles. The Morgan fingerprint density at radius 1 is 1.09 bits per heavy atom. The van der Waals surface area contributed by atoms with E-state index in [1.165, 1.54) is 41.0 Å². The third kappa shape index (κ3) is 5.29. The number of carbonyl (C=O) groups is 2. The van der Waals surface area contributed by atoms with Gasteiger partial charge in [0.05, 0.1) is 22.5 Å². The Bertz CT molecular complexity index is 1290. The van der Waals surface area contributed by atoms with Crippen molar-refractivity contribution in [1.82, 2.24) is 4.31 Å². The van der Waals surface area contributed by atoms with Crippen LogP contribution in [0.5, 0.6) is 0 Å². The van der Waals surface area contributed by atoms with Gasteiger partial charge in [-0.15, -0.1) is 11.3 Å². The lowest BCUT2D eigenvalue weighted by molar-refractivity contribution is -0.120. The molecule has 1 aliphatic rings. The van der Waals surface area contributed by atoms with E-state index >= 15 is 0 Å². The number of esters is 1. The van der Waals surface area contributed by atoms with Gasteiger partial charge in [0.25, 0.3) is 0 Å². The Labute approximate surface area is 197 Å². The molecule has 1 aromatic heterocycles. The Morgan fingerprint density at radius 2 is 1.70 bits per heavy atom. The van der Waals surface area contributed by atoms with Crippen LogP contribution in [0.3, 0.4) is 0 Å². The van der Waals surface area contributed by atoms with E-state index in [2.05, 4.69) is 5.32 Å². The smallest absolute Gasteiger partial charge is 0.341 e. The van der Waals surface area contributed by atoms with Crippen LogP contribution in [0, 0.1) is 19.8 Å². The van der Waals surface area contributed by atoms with E-state index in [1.807, 2.05) is 6.92 Å². The van der Waals surface area contributed by atoms with Crippen LogP contribution in [0.25, 0.3) is 0 Å². The summed E-state index contributed by atoms with van der Waals surface area (Å²) >= 11 is 1.29. The predicted octanol–water partition coefficient (Wildman–Crippen LogP) is 2.59. The number of carbonyl (C=O) groups excluding carboxylic acids is 2. The number of nitrogens with zero attached hydrogens (tertiary/aromatic N) is 1. The minimum absolute atomic E-state index is 0.0687. The van der Waals surface area contributed by atoms with Gasteiger partial charge in [0.15, 0.2) is 9.84 Å². The number of amides is 1. The zero-order valence-electron chi connectivity index (χ0n) is 18.7. The maximum absolute atomic E-state index is 13.0. The summed E-state index contributed by atoms with van der Waals surface area (Å²) in [5.74, 6) is -1.23. The van der Waals surface area contributed by atoms with E-state index in [-0.39, 0.29) is 28.8 Å². The van der Waals surface area contributed by atoms with Gasteiger partial charge < -0.3 is 10.1 Å². The molecule has 1 amide bonds. The Hall–Kier alpha value is -2.28. The van der Waals surface area contributed by atoms with Gasteiger partial charge in [-0.05, 0) is 50.5 Å². The number of sulfonamides is 1. The normalized spacial score (nSPS) is 15.9. The van der Waals surface area contributed by atoms with Crippen molar-refractivity contribution in [2.24, 2.45) is 5.92 Å². The second-order valence-corrected chi connectivity index (χ2v) is 13.1. The largest absolute Gasteiger partial charge is 0.465 e. The highest BCUT2D eigenvalue weighted by atomic mass is 32.2. The van der Waals surface area contributed by atoms with Crippen LogP contribution < -0.4 is 5.32 Å². The maximum Gasteiger partial charge on any atom is 0.341 e. The molecular weight excluding hydrogens is 488 g/mol. The van der Waals surface area contributed by atoms with Gasteiger partial charge in [0.2, 0.25) is 15.9 Å². The molecule has 1 N–H and O–H groups in total. The highest BCUT2D eigenvalue weighted by Crippen LogP contribution is 2.34. The van der Waals surface area contributed by atoms with Crippen LogP contribution in [0.1, 0.15) is 33.6 Å². The number of methoxy groups -OCH3 is 1. The number of hydrogen-bond donors (Lipinski definition) is 1. The fraction of sp³-hybridized carbons (Fsp3) is 0.429. The summed E-state index contributed by atoms with van der Waals surface area (Å²) in [5.41, 5.74) is 1.08. The van der Waals surface area contributed by atoms with Crippen LogP contribution >= 0.6 is 11.3 Å². The molecule has 0 unspecified atom stereocenters. The first-order valence-electron chi connectivity index (χ1n) is 10.2. The van der Waals surface area contributed by atoms with Crippen LogP contribution in [0.4, 0.5) is 5.00 Å². The number of rotatable bonds is 6. The first-order valence-corrected chi connectivity index (χ1v) is 14.3. The number of sulfone groups is 1. The lowest BCUT2D eigenvalue weighted by Crippen LogP contribution is -2.41. The molecule has 1 saturated heterocycles. The number of ether oxygens (including phenoxy) is 1. The van der Waals surface area contributed by atoms with Crippen LogP contribution in [-0.2, 0) is 29.4 Å². The van der Waals surface area contributed by atoms with E-state index in [4.69, 9.17) is 4.74 Å². The van der Waals surface area contributed by atoms with E-state index in [9.17, 15) is 26.4 Å². The van der Waals surface area contributed by atoms with Gasteiger partial charge in [-0.25, -0.2) is 21.6 Å². The lowest BCUT2D eigenvalue weighted by Gasteiger charge is -2.30. The zero-order chi connectivity index (χ0) is 24.6. The third-order valence-corrected chi connectivity index (χ3v) is 9.84. The van der Waals surface area contributed by atoms with E-state index in [0.717, 1.165) is 22.8 Å². The van der Waals surface area contributed by atoms with Crippen LogP contribution in [0.15, 0.2) is 34.1 Å². The number of piperidine rings is 1. The number of nitrogens with one attached hydrogen (secondary N) is 1. The number of anilines is 1. The molecule has 1 fully saturated rings. The molecule has 3 rings (SSSR count). The first-order chi connectivity index (χ1) is 15.4. The second kappa shape index (κ2) is 9.53. The van der Waals surface area contributed by atoms with Crippen molar-refractivity contribution in [3.63, 3.8) is 0 Å². The van der Waals surface area contributed by atoms with Crippen molar-refractivity contribution in [1.29, 1.82) is 0 Å².